The van der Waals surface area contributed by atoms with E-state index in [9.17, 15) is 27.6 Å². The third kappa shape index (κ3) is 5.30. The summed E-state index contributed by atoms with van der Waals surface area (Å²) >= 11 is 12.3. The van der Waals surface area contributed by atoms with Gasteiger partial charge in [0.15, 0.2) is 0 Å². The van der Waals surface area contributed by atoms with Crippen LogP contribution in [-0.2, 0) is 23.9 Å². The third-order valence-corrected chi connectivity index (χ3v) is 8.69. The molecule has 1 N–H and O–H groups in total. The Morgan fingerprint density at radius 1 is 1.02 bits per heavy atom. The van der Waals surface area contributed by atoms with E-state index in [1.807, 2.05) is 36.4 Å². The first kappa shape index (κ1) is 30.8. The summed E-state index contributed by atoms with van der Waals surface area (Å²) in [7, 11) is 1.36. The number of hydrogen-bond acceptors (Lipinski definition) is 6. The number of carbonyl (C=O) groups is 4. The van der Waals surface area contributed by atoms with Gasteiger partial charge in [-0.15, -0.1) is 0 Å². The van der Waals surface area contributed by atoms with Gasteiger partial charge in [-0.2, -0.15) is 13.2 Å². The smallest absolute Gasteiger partial charge is 0.475 e. The van der Waals surface area contributed by atoms with Crippen LogP contribution in [0.4, 0.5) is 13.2 Å². The second-order valence-corrected chi connectivity index (χ2v) is 10.8. The number of ether oxygens (including phenoxy) is 1. The molecular formula is C28H27Cl2F3N2O6. The maximum absolute atomic E-state index is 13.5. The van der Waals surface area contributed by atoms with Crippen LogP contribution in [0.5, 0.6) is 0 Å². The number of carboxylic acids is 1. The van der Waals surface area contributed by atoms with Crippen molar-refractivity contribution in [1.82, 2.24) is 9.80 Å². The number of imide groups is 1. The minimum Gasteiger partial charge on any atom is -0.475 e. The zero-order valence-electron chi connectivity index (χ0n) is 22.1. The Hall–Kier alpha value is -3.15. The second kappa shape index (κ2) is 11.6. The van der Waals surface area contributed by atoms with Crippen LogP contribution >= 0.6 is 23.2 Å². The number of methoxy groups -OCH3 is 1. The number of alkyl halides is 3. The molecule has 0 saturated carbocycles. The molecule has 0 bridgehead atoms. The zero-order valence-corrected chi connectivity index (χ0v) is 23.6. The van der Waals surface area contributed by atoms with Gasteiger partial charge >= 0.3 is 18.1 Å². The molecule has 3 aliphatic heterocycles. The number of halogens is 5. The van der Waals surface area contributed by atoms with Crippen molar-refractivity contribution >= 4 is 47.0 Å². The average molecular weight is 615 g/mol. The zero-order chi connectivity index (χ0) is 30.3. The fourth-order valence-corrected chi connectivity index (χ4v) is 6.57. The van der Waals surface area contributed by atoms with Crippen molar-refractivity contribution in [2.45, 2.75) is 43.9 Å². The molecule has 2 amide bonds. The summed E-state index contributed by atoms with van der Waals surface area (Å²) in [5.41, 5.74) is 1.68. The molecule has 0 aliphatic carbocycles. The lowest BCUT2D eigenvalue weighted by molar-refractivity contribution is -0.192. The van der Waals surface area contributed by atoms with Gasteiger partial charge < -0.3 is 9.84 Å². The number of amides is 2. The lowest BCUT2D eigenvalue weighted by atomic mass is 9.75. The number of carboxylic acid groups (broad SMARTS) is 1. The number of hydrogen-bond donors (Lipinski definition) is 1. The highest BCUT2D eigenvalue weighted by molar-refractivity contribution is 6.42. The van der Waals surface area contributed by atoms with E-state index in [2.05, 4.69) is 4.90 Å². The Morgan fingerprint density at radius 2 is 1.63 bits per heavy atom. The number of piperidine rings is 1. The molecule has 0 spiro atoms. The number of rotatable bonds is 4. The summed E-state index contributed by atoms with van der Waals surface area (Å²) in [6, 6.07) is 13.0. The fourth-order valence-electron chi connectivity index (χ4n) is 6.28. The minimum absolute atomic E-state index is 0.200. The van der Waals surface area contributed by atoms with Gasteiger partial charge in [-0.25, -0.2) is 4.79 Å². The minimum atomic E-state index is -5.08. The average Bonchev–Trinajstić information content (AvgIpc) is 3.39. The van der Waals surface area contributed by atoms with Crippen molar-refractivity contribution in [1.29, 1.82) is 0 Å². The molecule has 13 heteroatoms. The number of nitrogens with zero attached hydrogens (tertiary/aromatic N) is 2. The van der Waals surface area contributed by atoms with E-state index in [1.165, 1.54) is 12.0 Å². The number of carbonyl (C=O) groups excluding carboxylic acids is 3. The lowest BCUT2D eigenvalue weighted by Crippen LogP contribution is -2.59. The number of likely N-dealkylation sites (tertiary alicyclic amines) is 1. The molecule has 3 aliphatic rings. The molecule has 220 valence electrons. The molecule has 3 unspecified atom stereocenters. The molecule has 2 aromatic rings. The van der Waals surface area contributed by atoms with Crippen LogP contribution in [0, 0.1) is 11.8 Å². The standard InChI is InChI=1S/C26H26Cl2N2O4.C2HF3O2/c1-3-29-23(31)20-21(24(29)32)26(25(33)34-2)12-4-5-13-30(26)22(20)16-8-6-15(7-9-16)17-10-11-18(27)19(28)14-17;3-2(4,5)1(6)7/h6-11,14,20-22H,3-5,12-13H2,1-2H3;(H,6,7)/t20?,21?,22?,26-;/m0./s1. The van der Waals surface area contributed by atoms with E-state index >= 15 is 0 Å². The van der Waals surface area contributed by atoms with Crippen molar-refractivity contribution in [3.63, 3.8) is 0 Å². The molecular weight excluding hydrogens is 588 g/mol. The monoisotopic (exact) mass is 614 g/mol. The topological polar surface area (TPSA) is 104 Å². The van der Waals surface area contributed by atoms with Gasteiger partial charge in [0, 0.05) is 12.6 Å². The van der Waals surface area contributed by atoms with Crippen LogP contribution in [0.2, 0.25) is 10.0 Å². The Labute approximate surface area is 243 Å². The van der Waals surface area contributed by atoms with E-state index in [1.54, 1.807) is 13.0 Å². The van der Waals surface area contributed by atoms with Gasteiger partial charge in [0.2, 0.25) is 11.8 Å². The largest absolute Gasteiger partial charge is 0.490 e. The summed E-state index contributed by atoms with van der Waals surface area (Å²) in [4.78, 5) is 52.4. The molecule has 2 aromatic carbocycles. The number of fused-ring (bicyclic) bond motifs is 3. The van der Waals surface area contributed by atoms with Gasteiger partial charge in [0.25, 0.3) is 0 Å². The van der Waals surface area contributed by atoms with Gasteiger partial charge in [0.05, 0.1) is 29.0 Å². The summed E-state index contributed by atoms with van der Waals surface area (Å²) < 4.78 is 37.0. The summed E-state index contributed by atoms with van der Waals surface area (Å²) in [5.74, 6) is -4.98. The van der Waals surface area contributed by atoms with Gasteiger partial charge in [-0.1, -0.05) is 53.5 Å². The highest BCUT2D eigenvalue weighted by Crippen LogP contribution is 2.58. The maximum Gasteiger partial charge on any atom is 0.490 e. The predicted octanol–water partition coefficient (Wildman–Crippen LogP) is 5.37. The Morgan fingerprint density at radius 3 is 2.17 bits per heavy atom. The molecule has 3 fully saturated rings. The van der Waals surface area contributed by atoms with Gasteiger partial charge in [-0.3, -0.25) is 24.2 Å². The molecule has 8 nitrogen and oxygen atoms in total. The van der Waals surface area contributed by atoms with E-state index < -0.39 is 35.5 Å². The van der Waals surface area contributed by atoms with E-state index in [0.29, 0.717) is 29.6 Å². The van der Waals surface area contributed by atoms with Crippen molar-refractivity contribution in [2.75, 3.05) is 20.2 Å². The summed E-state index contributed by atoms with van der Waals surface area (Å²) in [6.45, 7) is 2.72. The number of benzene rings is 2. The Kier molecular flexibility index (Phi) is 8.73. The van der Waals surface area contributed by atoms with Crippen molar-refractivity contribution in [3.05, 3.63) is 58.1 Å². The highest BCUT2D eigenvalue weighted by Gasteiger charge is 2.72. The molecule has 0 aromatic heterocycles. The first-order valence-electron chi connectivity index (χ1n) is 12.9. The first-order chi connectivity index (χ1) is 19.3. The van der Waals surface area contributed by atoms with Crippen LogP contribution in [0.15, 0.2) is 42.5 Å². The van der Waals surface area contributed by atoms with Crippen molar-refractivity contribution in [3.8, 4) is 11.1 Å². The van der Waals surface area contributed by atoms with Crippen molar-refractivity contribution < 1.29 is 42.2 Å². The molecule has 41 heavy (non-hydrogen) atoms. The molecule has 4 atom stereocenters. The molecule has 0 radical (unpaired) electrons. The summed E-state index contributed by atoms with van der Waals surface area (Å²) in [5, 5.41) is 8.10. The predicted molar refractivity (Wildman–Crippen MR) is 143 cm³/mol. The summed E-state index contributed by atoms with van der Waals surface area (Å²) in [6.07, 6.45) is -2.86. The third-order valence-electron chi connectivity index (χ3n) is 7.96. The Balaban J connectivity index is 0.000000493. The number of esters is 1. The van der Waals surface area contributed by atoms with Crippen LogP contribution in [0.1, 0.15) is 37.8 Å². The van der Waals surface area contributed by atoms with E-state index in [4.69, 9.17) is 37.8 Å². The lowest BCUT2D eigenvalue weighted by Gasteiger charge is -2.44. The quantitative estimate of drug-likeness (QED) is 0.365. The maximum atomic E-state index is 13.5. The van der Waals surface area contributed by atoms with E-state index in [-0.39, 0.29) is 17.9 Å². The van der Waals surface area contributed by atoms with Crippen LogP contribution in [-0.4, -0.2) is 70.6 Å². The van der Waals surface area contributed by atoms with Gasteiger partial charge in [-0.05, 0) is 61.6 Å². The van der Waals surface area contributed by atoms with Crippen LogP contribution in [0.3, 0.4) is 0 Å². The van der Waals surface area contributed by atoms with E-state index in [0.717, 1.165) is 29.5 Å². The Bertz CT molecular complexity index is 1370. The second-order valence-electron chi connectivity index (χ2n) is 9.99. The highest BCUT2D eigenvalue weighted by atomic mass is 35.5. The normalized spacial score (nSPS) is 25.7. The van der Waals surface area contributed by atoms with Crippen molar-refractivity contribution in [2.24, 2.45) is 11.8 Å². The van der Waals surface area contributed by atoms with Crippen LogP contribution in [0.25, 0.3) is 11.1 Å². The SMILES string of the molecule is CCN1C(=O)C2C(c3ccc(-c4ccc(Cl)c(Cl)c4)cc3)N3CCCC[C@@]3(C(=O)OC)C2C1=O.O=C(O)C(F)(F)F. The van der Waals surface area contributed by atoms with Crippen LogP contribution < -0.4 is 0 Å². The first-order valence-corrected chi connectivity index (χ1v) is 13.6. The van der Waals surface area contributed by atoms with Gasteiger partial charge in [0.1, 0.15) is 5.54 Å². The molecule has 3 heterocycles. The molecule has 3 saturated heterocycles. The fraction of sp³-hybridized carbons (Fsp3) is 0.429. The molecule has 5 rings (SSSR count). The number of aliphatic carboxylic acids is 1.